The summed E-state index contributed by atoms with van der Waals surface area (Å²) < 4.78 is 7.05. The van der Waals surface area contributed by atoms with Crippen LogP contribution in [0, 0.1) is 6.92 Å². The van der Waals surface area contributed by atoms with E-state index in [1.54, 1.807) is 25.9 Å². The van der Waals surface area contributed by atoms with Gasteiger partial charge in [-0.3, -0.25) is 4.57 Å². The number of ether oxygens (including phenoxy) is 1. The molecule has 0 amide bonds. The fraction of sp³-hybridized carbons (Fsp3) is 0.700. The Balaban J connectivity index is 0.000000921. The van der Waals surface area contributed by atoms with Crippen LogP contribution >= 0.6 is 0 Å². The molecule has 0 unspecified atom stereocenters. The van der Waals surface area contributed by atoms with E-state index in [0.717, 1.165) is 18.2 Å². The minimum absolute atomic E-state index is 0.682. The van der Waals surface area contributed by atoms with E-state index < -0.39 is 0 Å². The summed E-state index contributed by atoms with van der Waals surface area (Å²) in [5, 5.41) is 0. The standard InChI is InChI=1S/C8H15N3O2.C2H6/c1-7-9-6-8(10-13-3)11(7)4-5-12-2;1-2/h6,10H,4-5H2,1-3H3;1-2H3/p+1. The van der Waals surface area contributed by atoms with Gasteiger partial charge in [-0.05, 0) is 6.92 Å². The number of quaternary nitrogens is 1. The molecule has 0 saturated heterocycles. The van der Waals surface area contributed by atoms with Crippen molar-refractivity contribution in [2.75, 3.05) is 20.8 Å². The maximum Gasteiger partial charge on any atom is 0.257 e. The van der Waals surface area contributed by atoms with E-state index in [1.165, 1.54) is 0 Å². The van der Waals surface area contributed by atoms with Gasteiger partial charge >= 0.3 is 0 Å². The number of aryl methyl sites for hydroxylation is 1. The summed E-state index contributed by atoms with van der Waals surface area (Å²) >= 11 is 0. The molecule has 1 aromatic rings. The van der Waals surface area contributed by atoms with Gasteiger partial charge in [0.25, 0.3) is 5.82 Å². The molecule has 1 heterocycles. The Hall–Kier alpha value is -0.910. The summed E-state index contributed by atoms with van der Waals surface area (Å²) in [6, 6.07) is 0. The van der Waals surface area contributed by atoms with Gasteiger partial charge in [0.05, 0.1) is 20.3 Å². The van der Waals surface area contributed by atoms with Crippen LogP contribution in [-0.4, -0.2) is 30.4 Å². The van der Waals surface area contributed by atoms with Crippen LogP contribution in [0.15, 0.2) is 6.20 Å². The van der Waals surface area contributed by atoms with Gasteiger partial charge in [0.15, 0.2) is 0 Å². The molecular formula is C10H22N3O2+. The maximum atomic E-state index is 5.00. The Kier molecular flexibility index (Phi) is 7.89. The summed E-state index contributed by atoms with van der Waals surface area (Å²) in [7, 11) is 3.31. The highest BCUT2D eigenvalue weighted by atomic mass is 16.6. The van der Waals surface area contributed by atoms with Crippen LogP contribution in [-0.2, 0) is 16.1 Å². The fourth-order valence-corrected chi connectivity index (χ4v) is 1.17. The molecule has 1 aromatic heterocycles. The summed E-state index contributed by atoms with van der Waals surface area (Å²) in [6.45, 7) is 7.45. The molecule has 1 rings (SSSR count). The second-order valence-corrected chi connectivity index (χ2v) is 2.73. The second-order valence-electron chi connectivity index (χ2n) is 2.73. The van der Waals surface area contributed by atoms with Crippen molar-refractivity contribution in [2.45, 2.75) is 27.3 Å². The molecule has 0 aliphatic carbocycles. The van der Waals surface area contributed by atoms with Crippen molar-refractivity contribution < 1.29 is 15.1 Å². The van der Waals surface area contributed by atoms with Crippen molar-refractivity contribution in [3.8, 4) is 0 Å². The first-order valence-electron chi connectivity index (χ1n) is 5.16. The van der Waals surface area contributed by atoms with Crippen LogP contribution in [0.25, 0.3) is 0 Å². The Labute approximate surface area is 91.4 Å². The van der Waals surface area contributed by atoms with E-state index in [4.69, 9.17) is 9.57 Å². The normalized spacial score (nSPS) is 9.67. The Morgan fingerprint density at radius 1 is 1.40 bits per heavy atom. The highest BCUT2D eigenvalue weighted by Gasteiger charge is 2.08. The Morgan fingerprint density at radius 3 is 2.60 bits per heavy atom. The van der Waals surface area contributed by atoms with E-state index in [2.05, 4.69) is 4.98 Å². The zero-order chi connectivity index (χ0) is 11.7. The summed E-state index contributed by atoms with van der Waals surface area (Å²) in [6.07, 6.45) is 1.79. The van der Waals surface area contributed by atoms with Crippen molar-refractivity contribution in [3.63, 3.8) is 0 Å². The molecule has 88 valence electrons. The summed E-state index contributed by atoms with van der Waals surface area (Å²) in [5.41, 5.74) is 1.68. The van der Waals surface area contributed by atoms with E-state index in [9.17, 15) is 0 Å². The summed E-state index contributed by atoms with van der Waals surface area (Å²) in [5.74, 6) is 1.94. The highest BCUT2D eigenvalue weighted by Crippen LogP contribution is 2.04. The van der Waals surface area contributed by atoms with Gasteiger partial charge in [-0.1, -0.05) is 13.8 Å². The molecule has 0 aliphatic rings. The lowest BCUT2D eigenvalue weighted by atomic mass is 10.6. The molecule has 2 N–H and O–H groups in total. The predicted octanol–water partition coefficient (Wildman–Crippen LogP) is 0.620. The first-order chi connectivity index (χ1) is 7.29. The van der Waals surface area contributed by atoms with E-state index in [1.807, 2.05) is 25.3 Å². The van der Waals surface area contributed by atoms with Gasteiger partial charge in [0.1, 0.15) is 12.0 Å². The quantitative estimate of drug-likeness (QED) is 0.734. The molecule has 15 heavy (non-hydrogen) atoms. The minimum atomic E-state index is 0.682. The average Bonchev–Trinajstić information content (AvgIpc) is 2.61. The van der Waals surface area contributed by atoms with Crippen molar-refractivity contribution in [3.05, 3.63) is 12.0 Å². The number of aromatic nitrogens is 2. The van der Waals surface area contributed by atoms with Crippen LogP contribution in [0.3, 0.4) is 0 Å². The number of hydrogen-bond acceptors (Lipinski definition) is 3. The van der Waals surface area contributed by atoms with Crippen LogP contribution < -0.4 is 5.48 Å². The zero-order valence-corrected chi connectivity index (χ0v) is 10.3. The zero-order valence-electron chi connectivity index (χ0n) is 10.3. The average molecular weight is 216 g/mol. The predicted molar refractivity (Wildman–Crippen MR) is 58.8 cm³/mol. The van der Waals surface area contributed by atoms with Gasteiger partial charge < -0.3 is 4.74 Å². The monoisotopic (exact) mass is 216 g/mol. The topological polar surface area (TPSA) is 52.9 Å². The minimum Gasteiger partial charge on any atom is -0.383 e. The molecule has 0 radical (unpaired) electrons. The fourth-order valence-electron chi connectivity index (χ4n) is 1.17. The SMILES string of the molecule is CC.COCCn1c([NH2+]OC)cnc1C. The van der Waals surface area contributed by atoms with Gasteiger partial charge in [-0.2, -0.15) is 5.48 Å². The third-order valence-electron chi connectivity index (χ3n) is 1.84. The maximum absolute atomic E-state index is 5.00. The molecule has 0 spiro atoms. The van der Waals surface area contributed by atoms with Crippen molar-refractivity contribution in [2.24, 2.45) is 0 Å². The Morgan fingerprint density at radius 2 is 2.07 bits per heavy atom. The lowest BCUT2D eigenvalue weighted by Crippen LogP contribution is -2.77. The van der Waals surface area contributed by atoms with Crippen LogP contribution in [0.2, 0.25) is 0 Å². The number of methoxy groups -OCH3 is 1. The molecule has 0 bridgehead atoms. The van der Waals surface area contributed by atoms with E-state index in [0.29, 0.717) is 6.61 Å². The van der Waals surface area contributed by atoms with Gasteiger partial charge in [0.2, 0.25) is 0 Å². The lowest BCUT2D eigenvalue weighted by molar-refractivity contribution is -0.833. The lowest BCUT2D eigenvalue weighted by Gasteiger charge is -2.05. The summed E-state index contributed by atoms with van der Waals surface area (Å²) in [4.78, 5) is 9.12. The number of rotatable bonds is 5. The first-order valence-corrected chi connectivity index (χ1v) is 5.16. The molecule has 0 aliphatic heterocycles. The number of nitrogens with two attached hydrogens (primary N) is 1. The molecular weight excluding hydrogens is 194 g/mol. The van der Waals surface area contributed by atoms with E-state index >= 15 is 0 Å². The van der Waals surface area contributed by atoms with Crippen LogP contribution in [0.5, 0.6) is 0 Å². The largest absolute Gasteiger partial charge is 0.383 e. The van der Waals surface area contributed by atoms with Crippen molar-refractivity contribution in [1.29, 1.82) is 0 Å². The smallest absolute Gasteiger partial charge is 0.257 e. The number of nitrogens with zero attached hydrogens (tertiary/aromatic N) is 2. The molecule has 0 atom stereocenters. The Bertz CT molecular complexity index is 261. The second kappa shape index (κ2) is 8.40. The van der Waals surface area contributed by atoms with Crippen molar-refractivity contribution >= 4 is 5.82 Å². The van der Waals surface area contributed by atoms with Gasteiger partial charge in [-0.25, -0.2) is 9.82 Å². The van der Waals surface area contributed by atoms with Gasteiger partial charge in [0, 0.05) is 7.11 Å². The van der Waals surface area contributed by atoms with E-state index in [-0.39, 0.29) is 0 Å². The molecule has 5 nitrogen and oxygen atoms in total. The number of hydrogen-bond donors (Lipinski definition) is 1. The molecule has 0 aromatic carbocycles. The van der Waals surface area contributed by atoms with Crippen LogP contribution in [0.4, 0.5) is 5.82 Å². The van der Waals surface area contributed by atoms with Gasteiger partial charge in [-0.15, -0.1) is 0 Å². The molecule has 0 fully saturated rings. The van der Waals surface area contributed by atoms with Crippen LogP contribution in [0.1, 0.15) is 19.7 Å². The third kappa shape index (κ3) is 4.42. The highest BCUT2D eigenvalue weighted by molar-refractivity contribution is 5.16. The molecule has 5 heteroatoms. The van der Waals surface area contributed by atoms with Crippen molar-refractivity contribution in [1.82, 2.24) is 9.55 Å². The number of imidazole rings is 1. The third-order valence-corrected chi connectivity index (χ3v) is 1.84. The molecule has 0 saturated carbocycles. The first kappa shape index (κ1) is 14.1.